The van der Waals surface area contributed by atoms with Gasteiger partial charge in [-0.3, -0.25) is 4.79 Å². The number of rotatable bonds is 8. The number of nitrogens with one attached hydrogen (secondary N) is 2. The van der Waals surface area contributed by atoms with Crippen LogP contribution in [0, 0.1) is 5.92 Å². The lowest BCUT2D eigenvalue weighted by molar-refractivity contribution is -0.117. The van der Waals surface area contributed by atoms with Crippen LogP contribution >= 0.6 is 0 Å². The first-order chi connectivity index (χ1) is 9.13. The van der Waals surface area contributed by atoms with Gasteiger partial charge in [0.05, 0.1) is 6.04 Å². The molecule has 4 heteroatoms. The van der Waals surface area contributed by atoms with Gasteiger partial charge in [0.25, 0.3) is 0 Å². The van der Waals surface area contributed by atoms with Gasteiger partial charge in [0, 0.05) is 12.3 Å². The highest BCUT2D eigenvalue weighted by atomic mass is 16.3. The van der Waals surface area contributed by atoms with Gasteiger partial charge in [0.1, 0.15) is 0 Å². The molecule has 0 radical (unpaired) electrons. The molecular weight excluding hydrogens is 240 g/mol. The Bertz CT molecular complexity index is 368. The molecule has 1 aromatic rings. The third kappa shape index (κ3) is 6.36. The van der Waals surface area contributed by atoms with Crippen molar-refractivity contribution in [1.82, 2.24) is 5.32 Å². The summed E-state index contributed by atoms with van der Waals surface area (Å²) in [5.74, 6) is 0.302. The fraction of sp³-hybridized carbons (Fsp3) is 0.533. The summed E-state index contributed by atoms with van der Waals surface area (Å²) in [6, 6.07) is 9.22. The standard InChI is InChI=1S/C15H24N2O2/c1-12(11-18)7-6-10-16-13(2)15(19)17-14-8-4-3-5-9-14/h3-5,8-9,12-13,16,18H,6-7,10-11H2,1-2H3,(H,17,19). The first-order valence-corrected chi connectivity index (χ1v) is 6.83. The Kier molecular flexibility index (Phi) is 7.15. The van der Waals surface area contributed by atoms with E-state index in [-0.39, 0.29) is 18.6 Å². The second kappa shape index (κ2) is 8.67. The fourth-order valence-corrected chi connectivity index (χ4v) is 1.73. The monoisotopic (exact) mass is 264 g/mol. The molecule has 1 rings (SSSR count). The maximum Gasteiger partial charge on any atom is 0.241 e. The molecule has 0 aliphatic carbocycles. The Labute approximate surface area is 115 Å². The molecule has 0 aliphatic heterocycles. The molecule has 106 valence electrons. The summed E-state index contributed by atoms with van der Waals surface area (Å²) in [6.07, 6.45) is 1.93. The van der Waals surface area contributed by atoms with E-state index >= 15 is 0 Å². The first-order valence-electron chi connectivity index (χ1n) is 6.83. The van der Waals surface area contributed by atoms with Crippen LogP contribution in [0.1, 0.15) is 26.7 Å². The van der Waals surface area contributed by atoms with Gasteiger partial charge >= 0.3 is 0 Å². The third-order valence-corrected chi connectivity index (χ3v) is 3.07. The van der Waals surface area contributed by atoms with Crippen molar-refractivity contribution in [3.8, 4) is 0 Å². The second-order valence-electron chi connectivity index (χ2n) is 4.96. The fourth-order valence-electron chi connectivity index (χ4n) is 1.73. The predicted molar refractivity (Wildman–Crippen MR) is 78.0 cm³/mol. The number of carbonyl (C=O) groups is 1. The molecule has 0 aromatic heterocycles. The molecule has 0 spiro atoms. The number of hydrogen-bond donors (Lipinski definition) is 3. The number of carbonyl (C=O) groups excluding carboxylic acids is 1. The summed E-state index contributed by atoms with van der Waals surface area (Å²) in [5.41, 5.74) is 0.815. The summed E-state index contributed by atoms with van der Waals surface area (Å²) in [7, 11) is 0. The number of aliphatic hydroxyl groups is 1. The zero-order chi connectivity index (χ0) is 14.1. The van der Waals surface area contributed by atoms with E-state index in [1.807, 2.05) is 44.2 Å². The van der Waals surface area contributed by atoms with Crippen molar-refractivity contribution in [1.29, 1.82) is 0 Å². The molecule has 19 heavy (non-hydrogen) atoms. The zero-order valence-electron chi connectivity index (χ0n) is 11.7. The van der Waals surface area contributed by atoms with E-state index < -0.39 is 0 Å². The topological polar surface area (TPSA) is 61.4 Å². The molecule has 1 amide bonds. The van der Waals surface area contributed by atoms with Crippen molar-refractivity contribution >= 4 is 11.6 Å². The summed E-state index contributed by atoms with van der Waals surface area (Å²) < 4.78 is 0. The van der Waals surface area contributed by atoms with Gasteiger partial charge in [-0.2, -0.15) is 0 Å². The van der Waals surface area contributed by atoms with E-state index in [1.54, 1.807) is 0 Å². The summed E-state index contributed by atoms with van der Waals surface area (Å²) in [5, 5.41) is 15.0. The van der Waals surface area contributed by atoms with Gasteiger partial charge in [0.2, 0.25) is 5.91 Å². The quantitative estimate of drug-likeness (QED) is 0.629. The van der Waals surface area contributed by atoms with Crippen molar-refractivity contribution < 1.29 is 9.90 Å². The Hall–Kier alpha value is -1.39. The van der Waals surface area contributed by atoms with Gasteiger partial charge in [-0.25, -0.2) is 0 Å². The number of amides is 1. The minimum absolute atomic E-state index is 0.0265. The van der Waals surface area contributed by atoms with Gasteiger partial charge in [-0.15, -0.1) is 0 Å². The van der Waals surface area contributed by atoms with Crippen molar-refractivity contribution in [2.24, 2.45) is 5.92 Å². The highest BCUT2D eigenvalue weighted by Gasteiger charge is 2.11. The SMILES string of the molecule is CC(CO)CCCNC(C)C(=O)Nc1ccccc1. The lowest BCUT2D eigenvalue weighted by atomic mass is 10.1. The number of benzene rings is 1. The molecule has 3 N–H and O–H groups in total. The van der Waals surface area contributed by atoms with Gasteiger partial charge in [-0.05, 0) is 44.4 Å². The molecule has 0 bridgehead atoms. The van der Waals surface area contributed by atoms with E-state index in [2.05, 4.69) is 10.6 Å². The maximum atomic E-state index is 11.9. The van der Waals surface area contributed by atoms with E-state index in [9.17, 15) is 4.79 Å². The summed E-state index contributed by atoms with van der Waals surface area (Å²) in [4.78, 5) is 11.9. The smallest absolute Gasteiger partial charge is 0.241 e. The van der Waals surface area contributed by atoms with Crippen LogP contribution in [0.4, 0.5) is 5.69 Å². The predicted octanol–water partition coefficient (Wildman–Crippen LogP) is 2.01. The minimum atomic E-state index is -0.218. The number of hydrogen-bond acceptors (Lipinski definition) is 3. The summed E-state index contributed by atoms with van der Waals surface area (Å²) >= 11 is 0. The molecule has 2 unspecified atom stereocenters. The van der Waals surface area contributed by atoms with Crippen LogP contribution in [-0.2, 0) is 4.79 Å². The van der Waals surface area contributed by atoms with E-state index in [1.165, 1.54) is 0 Å². The molecule has 0 heterocycles. The Morgan fingerprint density at radius 2 is 1.95 bits per heavy atom. The van der Waals surface area contributed by atoms with Crippen LogP contribution < -0.4 is 10.6 Å². The van der Waals surface area contributed by atoms with E-state index in [0.717, 1.165) is 25.1 Å². The van der Waals surface area contributed by atoms with Crippen LogP contribution in [-0.4, -0.2) is 30.2 Å². The molecule has 0 aliphatic rings. The van der Waals surface area contributed by atoms with Crippen molar-refractivity contribution in [2.45, 2.75) is 32.7 Å². The third-order valence-electron chi connectivity index (χ3n) is 3.07. The molecular formula is C15H24N2O2. The van der Waals surface area contributed by atoms with Crippen LogP contribution in [0.2, 0.25) is 0 Å². The van der Waals surface area contributed by atoms with E-state index in [0.29, 0.717) is 5.92 Å². The molecule has 0 fully saturated rings. The molecule has 0 saturated carbocycles. The summed E-state index contributed by atoms with van der Waals surface area (Å²) in [6.45, 7) is 4.89. The van der Waals surface area contributed by atoms with Crippen LogP contribution in [0.15, 0.2) is 30.3 Å². The van der Waals surface area contributed by atoms with Crippen molar-refractivity contribution in [3.63, 3.8) is 0 Å². The maximum absolute atomic E-state index is 11.9. The van der Waals surface area contributed by atoms with Gasteiger partial charge in [-0.1, -0.05) is 25.1 Å². The average molecular weight is 264 g/mol. The average Bonchev–Trinajstić information content (AvgIpc) is 2.44. The normalized spacial score (nSPS) is 13.8. The number of anilines is 1. The molecule has 4 nitrogen and oxygen atoms in total. The highest BCUT2D eigenvalue weighted by Crippen LogP contribution is 2.06. The van der Waals surface area contributed by atoms with Crippen molar-refractivity contribution in [2.75, 3.05) is 18.5 Å². The number of aliphatic hydroxyl groups excluding tert-OH is 1. The molecule has 0 saturated heterocycles. The van der Waals surface area contributed by atoms with Crippen LogP contribution in [0.25, 0.3) is 0 Å². The van der Waals surface area contributed by atoms with Crippen molar-refractivity contribution in [3.05, 3.63) is 30.3 Å². The Morgan fingerprint density at radius 3 is 2.58 bits per heavy atom. The Balaban J connectivity index is 2.22. The van der Waals surface area contributed by atoms with Gasteiger partial charge in [0.15, 0.2) is 0 Å². The zero-order valence-corrected chi connectivity index (χ0v) is 11.7. The number of para-hydroxylation sites is 1. The molecule has 2 atom stereocenters. The minimum Gasteiger partial charge on any atom is -0.396 e. The van der Waals surface area contributed by atoms with Gasteiger partial charge < -0.3 is 15.7 Å². The van der Waals surface area contributed by atoms with E-state index in [4.69, 9.17) is 5.11 Å². The second-order valence-corrected chi connectivity index (χ2v) is 4.96. The lowest BCUT2D eigenvalue weighted by Gasteiger charge is -2.14. The lowest BCUT2D eigenvalue weighted by Crippen LogP contribution is -2.38. The highest BCUT2D eigenvalue weighted by molar-refractivity contribution is 5.94. The van der Waals surface area contributed by atoms with Crippen LogP contribution in [0.3, 0.4) is 0 Å². The Morgan fingerprint density at radius 1 is 1.26 bits per heavy atom. The van der Waals surface area contributed by atoms with Crippen LogP contribution in [0.5, 0.6) is 0 Å². The first kappa shape index (κ1) is 15.7. The largest absolute Gasteiger partial charge is 0.396 e. The molecule has 1 aromatic carbocycles.